The van der Waals surface area contributed by atoms with Crippen molar-refractivity contribution in [2.24, 2.45) is 5.92 Å². The van der Waals surface area contributed by atoms with E-state index in [4.69, 9.17) is 11.6 Å². The van der Waals surface area contributed by atoms with Crippen molar-refractivity contribution >= 4 is 43.5 Å². The van der Waals surface area contributed by atoms with Crippen molar-refractivity contribution in [3.8, 4) is 0 Å². The van der Waals surface area contributed by atoms with E-state index in [1.807, 2.05) is 13.8 Å². The summed E-state index contributed by atoms with van der Waals surface area (Å²) in [6, 6.07) is 3.47. The Hall–Kier alpha value is -0.630. The van der Waals surface area contributed by atoms with Crippen LogP contribution in [0.2, 0.25) is 5.02 Å². The van der Waals surface area contributed by atoms with E-state index in [0.717, 1.165) is 0 Å². The molecule has 1 rings (SSSR count). The first-order valence-corrected chi connectivity index (χ1v) is 8.88. The van der Waals surface area contributed by atoms with Crippen molar-refractivity contribution in [1.82, 2.24) is 4.72 Å². The highest BCUT2D eigenvalue weighted by atomic mass is 79.9. The Morgan fingerprint density at radius 1 is 1.43 bits per heavy atom. The van der Waals surface area contributed by atoms with Gasteiger partial charge in [0.25, 0.3) is 0 Å². The van der Waals surface area contributed by atoms with E-state index in [0.29, 0.717) is 10.9 Å². The predicted octanol–water partition coefficient (Wildman–Crippen LogP) is 2.97. The lowest BCUT2D eigenvalue weighted by molar-refractivity contribution is -0.143. The number of hydrogen-bond acceptors (Lipinski definition) is 4. The van der Waals surface area contributed by atoms with Crippen molar-refractivity contribution in [1.29, 1.82) is 0 Å². The van der Waals surface area contributed by atoms with Crippen LogP contribution in [0, 0.1) is 5.92 Å². The van der Waals surface area contributed by atoms with Gasteiger partial charge in [-0.1, -0.05) is 41.4 Å². The van der Waals surface area contributed by atoms with Gasteiger partial charge in [-0.25, -0.2) is 8.42 Å². The van der Waals surface area contributed by atoms with Gasteiger partial charge in [0.1, 0.15) is 10.9 Å². The van der Waals surface area contributed by atoms with Crippen LogP contribution in [0.3, 0.4) is 0 Å². The van der Waals surface area contributed by atoms with Crippen LogP contribution in [0.25, 0.3) is 0 Å². The van der Waals surface area contributed by atoms with Crippen LogP contribution < -0.4 is 4.72 Å². The van der Waals surface area contributed by atoms with Gasteiger partial charge in [-0.2, -0.15) is 4.72 Å². The molecule has 0 bridgehead atoms. The van der Waals surface area contributed by atoms with E-state index in [9.17, 15) is 13.2 Å². The predicted molar refractivity (Wildman–Crippen MR) is 84.7 cm³/mol. The fourth-order valence-electron chi connectivity index (χ4n) is 1.75. The average molecular weight is 399 g/mol. The van der Waals surface area contributed by atoms with Gasteiger partial charge in [-0.15, -0.1) is 0 Å². The molecule has 0 unspecified atom stereocenters. The van der Waals surface area contributed by atoms with Gasteiger partial charge >= 0.3 is 5.97 Å². The zero-order valence-electron chi connectivity index (χ0n) is 11.9. The van der Waals surface area contributed by atoms with E-state index in [2.05, 4.69) is 25.4 Å². The molecule has 0 heterocycles. The number of esters is 1. The molecule has 0 aliphatic carbocycles. The summed E-state index contributed by atoms with van der Waals surface area (Å²) in [5, 5.41) is 0.0741. The molecule has 1 N–H and O–H groups in total. The van der Waals surface area contributed by atoms with Gasteiger partial charge in [0.05, 0.1) is 12.1 Å². The van der Waals surface area contributed by atoms with Gasteiger partial charge in [0.2, 0.25) is 10.0 Å². The molecular formula is C13H17BrClNO4S. The average Bonchev–Trinajstić information content (AvgIpc) is 2.35. The third kappa shape index (κ3) is 5.25. The van der Waals surface area contributed by atoms with Gasteiger partial charge in [-0.3, -0.25) is 4.79 Å². The number of sulfonamides is 1. The topological polar surface area (TPSA) is 72.5 Å². The number of hydrogen-bond donors (Lipinski definition) is 1. The van der Waals surface area contributed by atoms with Crippen molar-refractivity contribution in [3.63, 3.8) is 0 Å². The number of carbonyl (C=O) groups is 1. The smallest absolute Gasteiger partial charge is 0.323 e. The van der Waals surface area contributed by atoms with Gasteiger partial charge in [-0.05, 0) is 30.5 Å². The lowest BCUT2D eigenvalue weighted by atomic mass is 10.1. The fourth-order valence-corrected chi connectivity index (χ4v) is 3.98. The van der Waals surface area contributed by atoms with Gasteiger partial charge in [0.15, 0.2) is 0 Å². The first-order chi connectivity index (χ1) is 9.67. The SMILES string of the molecule is COC(=O)[C@@H](CC(C)C)NS(=O)(=O)c1ccc(Br)cc1Cl. The molecule has 1 aromatic rings. The van der Waals surface area contributed by atoms with Crippen LogP contribution >= 0.6 is 27.5 Å². The Bertz CT molecular complexity index is 619. The summed E-state index contributed by atoms with van der Waals surface area (Å²) in [4.78, 5) is 11.6. The molecule has 0 radical (unpaired) electrons. The highest BCUT2D eigenvalue weighted by Gasteiger charge is 2.28. The Labute approximate surface area is 138 Å². The largest absolute Gasteiger partial charge is 0.468 e. The van der Waals surface area contributed by atoms with Crippen molar-refractivity contribution in [3.05, 3.63) is 27.7 Å². The standard InChI is InChI=1S/C13H17BrClNO4S/c1-8(2)6-11(13(17)20-3)16-21(18,19)12-5-4-9(14)7-10(12)15/h4-5,7-8,11,16H,6H2,1-3H3/t11-/m1/s1. The summed E-state index contributed by atoms with van der Waals surface area (Å²) in [7, 11) is -2.69. The zero-order valence-corrected chi connectivity index (χ0v) is 15.0. The third-order valence-electron chi connectivity index (χ3n) is 2.67. The molecule has 5 nitrogen and oxygen atoms in total. The number of benzene rings is 1. The zero-order chi connectivity index (χ0) is 16.2. The molecule has 0 aliphatic heterocycles. The molecule has 1 atom stereocenters. The van der Waals surface area contributed by atoms with Crippen LogP contribution in [0.5, 0.6) is 0 Å². The monoisotopic (exact) mass is 397 g/mol. The van der Waals surface area contributed by atoms with Crippen LogP contribution in [0.15, 0.2) is 27.6 Å². The fraction of sp³-hybridized carbons (Fsp3) is 0.462. The second-order valence-corrected chi connectivity index (χ2v) is 7.91. The molecule has 21 heavy (non-hydrogen) atoms. The van der Waals surface area contributed by atoms with Crippen molar-refractivity contribution in [2.45, 2.75) is 31.2 Å². The quantitative estimate of drug-likeness (QED) is 0.748. The Morgan fingerprint density at radius 3 is 2.52 bits per heavy atom. The molecule has 0 aliphatic rings. The van der Waals surface area contributed by atoms with E-state index < -0.39 is 22.0 Å². The molecule has 0 fully saturated rings. The number of rotatable bonds is 6. The number of halogens is 2. The molecule has 8 heteroatoms. The summed E-state index contributed by atoms with van der Waals surface area (Å²) in [6.45, 7) is 3.77. The van der Waals surface area contributed by atoms with Gasteiger partial charge in [0, 0.05) is 4.47 Å². The minimum absolute atomic E-state index is 0.0741. The summed E-state index contributed by atoms with van der Waals surface area (Å²) in [6.07, 6.45) is 0.333. The summed E-state index contributed by atoms with van der Waals surface area (Å²) in [5.74, 6) is -0.502. The second-order valence-electron chi connectivity index (χ2n) is 4.90. The first-order valence-electron chi connectivity index (χ1n) is 6.22. The molecule has 0 amide bonds. The summed E-state index contributed by atoms with van der Waals surface area (Å²) < 4.78 is 32.4. The summed E-state index contributed by atoms with van der Waals surface area (Å²) in [5.41, 5.74) is 0. The second kappa shape index (κ2) is 7.58. The molecule has 0 saturated carbocycles. The highest BCUT2D eigenvalue weighted by Crippen LogP contribution is 2.25. The normalized spacial score (nSPS) is 13.2. The number of carbonyl (C=O) groups excluding carboxylic acids is 1. The van der Waals surface area contributed by atoms with Crippen molar-refractivity contribution < 1.29 is 17.9 Å². The lowest BCUT2D eigenvalue weighted by Gasteiger charge is -2.18. The van der Waals surface area contributed by atoms with Crippen LogP contribution in [-0.4, -0.2) is 27.5 Å². The molecule has 0 saturated heterocycles. The van der Waals surface area contributed by atoms with Crippen LogP contribution in [0.1, 0.15) is 20.3 Å². The van der Waals surface area contributed by atoms with Crippen LogP contribution in [0.4, 0.5) is 0 Å². The number of methoxy groups -OCH3 is 1. The minimum atomic E-state index is -3.91. The number of nitrogens with one attached hydrogen (secondary N) is 1. The molecular weight excluding hydrogens is 382 g/mol. The van der Waals surface area contributed by atoms with E-state index in [1.54, 1.807) is 6.07 Å². The Balaban J connectivity index is 3.08. The number of ether oxygens (including phenoxy) is 1. The molecule has 0 aromatic heterocycles. The first kappa shape index (κ1) is 18.4. The maximum atomic E-state index is 12.4. The maximum absolute atomic E-state index is 12.4. The third-order valence-corrected chi connectivity index (χ3v) is 5.12. The van der Waals surface area contributed by atoms with E-state index >= 15 is 0 Å². The van der Waals surface area contributed by atoms with Crippen LogP contribution in [-0.2, 0) is 19.6 Å². The molecule has 0 spiro atoms. The lowest BCUT2D eigenvalue weighted by Crippen LogP contribution is -2.42. The molecule has 118 valence electrons. The minimum Gasteiger partial charge on any atom is -0.468 e. The Morgan fingerprint density at radius 2 is 2.05 bits per heavy atom. The van der Waals surface area contributed by atoms with Gasteiger partial charge < -0.3 is 4.74 Å². The highest BCUT2D eigenvalue weighted by molar-refractivity contribution is 9.10. The van der Waals surface area contributed by atoms with E-state index in [-0.39, 0.29) is 15.8 Å². The van der Waals surface area contributed by atoms with E-state index in [1.165, 1.54) is 19.2 Å². The molecule has 1 aromatic carbocycles. The summed E-state index contributed by atoms with van der Waals surface area (Å²) >= 11 is 9.16. The Kier molecular flexibility index (Phi) is 6.65. The maximum Gasteiger partial charge on any atom is 0.323 e. The van der Waals surface area contributed by atoms with Crippen molar-refractivity contribution in [2.75, 3.05) is 7.11 Å².